The fourth-order valence-corrected chi connectivity index (χ4v) is 1.99. The van der Waals surface area contributed by atoms with Gasteiger partial charge in [-0.3, -0.25) is 0 Å². The normalized spacial score (nSPS) is 15.1. The van der Waals surface area contributed by atoms with Crippen LogP contribution in [0.2, 0.25) is 0 Å². The van der Waals surface area contributed by atoms with Crippen molar-refractivity contribution < 1.29 is 4.74 Å². The first-order valence-corrected chi connectivity index (χ1v) is 6.49. The highest BCUT2D eigenvalue weighted by atomic mass is 16.5. The molecule has 1 aromatic rings. The van der Waals surface area contributed by atoms with Crippen LogP contribution in [0.5, 0.6) is 0 Å². The summed E-state index contributed by atoms with van der Waals surface area (Å²) < 4.78 is 5.07. The highest BCUT2D eigenvalue weighted by Crippen LogP contribution is 2.32. The van der Waals surface area contributed by atoms with Crippen LogP contribution in [0.1, 0.15) is 32.5 Å². The molecule has 5 heteroatoms. The second kappa shape index (κ2) is 5.52. The van der Waals surface area contributed by atoms with Crippen LogP contribution < -0.4 is 10.6 Å². The van der Waals surface area contributed by atoms with Crippen molar-refractivity contribution in [2.24, 2.45) is 5.92 Å². The molecule has 0 radical (unpaired) electrons. The summed E-state index contributed by atoms with van der Waals surface area (Å²) in [4.78, 5) is 11.0. The van der Waals surface area contributed by atoms with Gasteiger partial charge in [-0.2, -0.15) is 0 Å². The van der Waals surface area contributed by atoms with Gasteiger partial charge in [0.25, 0.3) is 0 Å². The average molecular weight is 250 g/mol. The third-order valence-corrected chi connectivity index (χ3v) is 3.12. The average Bonchev–Trinajstić information content (AvgIpc) is 3.08. The largest absolute Gasteiger partial charge is 0.384 e. The number of hydrogen-bond donors (Lipinski definition) is 1. The van der Waals surface area contributed by atoms with Gasteiger partial charge in [0.15, 0.2) is 5.82 Å². The van der Waals surface area contributed by atoms with E-state index in [1.807, 2.05) is 6.07 Å². The lowest BCUT2D eigenvalue weighted by molar-refractivity contribution is 0.178. The van der Waals surface area contributed by atoms with E-state index in [2.05, 4.69) is 28.7 Å². The number of aromatic nitrogens is 2. The fourth-order valence-electron chi connectivity index (χ4n) is 1.99. The number of rotatable bonds is 6. The van der Waals surface area contributed by atoms with Gasteiger partial charge < -0.3 is 15.4 Å². The quantitative estimate of drug-likeness (QED) is 0.834. The van der Waals surface area contributed by atoms with Crippen molar-refractivity contribution in [3.05, 3.63) is 11.9 Å². The Labute approximate surface area is 108 Å². The Balaban J connectivity index is 2.21. The predicted molar refractivity (Wildman–Crippen MR) is 72.4 cm³/mol. The molecule has 0 unspecified atom stereocenters. The van der Waals surface area contributed by atoms with Gasteiger partial charge in [0.05, 0.1) is 0 Å². The van der Waals surface area contributed by atoms with E-state index in [4.69, 9.17) is 10.5 Å². The summed E-state index contributed by atoms with van der Waals surface area (Å²) in [5.74, 6) is 2.88. The molecule has 0 aliphatic heterocycles. The Bertz CT molecular complexity index is 404. The summed E-state index contributed by atoms with van der Waals surface area (Å²) in [7, 11) is 1.64. The third-order valence-electron chi connectivity index (χ3n) is 3.12. The molecule has 2 N–H and O–H groups in total. The van der Waals surface area contributed by atoms with Gasteiger partial charge in [-0.05, 0) is 32.6 Å². The smallest absolute Gasteiger partial charge is 0.158 e. The SMILES string of the molecule is COCc1nc(N)cc(N(CC2CC2)C(C)C)n1. The molecule has 0 bridgehead atoms. The van der Waals surface area contributed by atoms with E-state index >= 15 is 0 Å². The third kappa shape index (κ3) is 3.32. The van der Waals surface area contributed by atoms with Crippen LogP contribution in [0.25, 0.3) is 0 Å². The zero-order valence-corrected chi connectivity index (χ0v) is 11.4. The Morgan fingerprint density at radius 2 is 2.17 bits per heavy atom. The summed E-state index contributed by atoms with van der Waals surface area (Å²) in [6.45, 7) is 5.81. The molecule has 1 heterocycles. The molecule has 1 aromatic heterocycles. The van der Waals surface area contributed by atoms with E-state index < -0.39 is 0 Å². The zero-order chi connectivity index (χ0) is 13.1. The molecule has 0 aromatic carbocycles. The molecule has 18 heavy (non-hydrogen) atoms. The van der Waals surface area contributed by atoms with Crippen LogP contribution in [0.4, 0.5) is 11.6 Å². The minimum Gasteiger partial charge on any atom is -0.384 e. The Morgan fingerprint density at radius 3 is 2.72 bits per heavy atom. The number of anilines is 2. The number of methoxy groups -OCH3 is 1. The van der Waals surface area contributed by atoms with Gasteiger partial charge in [0.1, 0.15) is 18.2 Å². The van der Waals surface area contributed by atoms with E-state index in [0.717, 1.165) is 18.3 Å². The van der Waals surface area contributed by atoms with E-state index in [9.17, 15) is 0 Å². The maximum Gasteiger partial charge on any atom is 0.158 e. The Hall–Kier alpha value is -1.36. The number of nitrogens with zero attached hydrogens (tertiary/aromatic N) is 3. The minimum absolute atomic E-state index is 0.396. The monoisotopic (exact) mass is 250 g/mol. The molecule has 0 atom stereocenters. The van der Waals surface area contributed by atoms with Gasteiger partial charge in [-0.15, -0.1) is 0 Å². The standard InChI is InChI=1S/C13H22N4O/c1-9(2)17(7-10-4-5-10)13-6-11(14)15-12(16-13)8-18-3/h6,9-10H,4-5,7-8H2,1-3H3,(H2,14,15,16). The minimum atomic E-state index is 0.396. The lowest BCUT2D eigenvalue weighted by Crippen LogP contribution is -2.33. The Kier molecular flexibility index (Phi) is 4.01. The molecule has 1 fully saturated rings. The number of ether oxygens (including phenoxy) is 1. The molecule has 2 rings (SSSR count). The molecule has 1 saturated carbocycles. The lowest BCUT2D eigenvalue weighted by atomic mass is 10.2. The molecule has 1 aliphatic rings. The Morgan fingerprint density at radius 1 is 1.44 bits per heavy atom. The van der Waals surface area contributed by atoms with Crippen LogP contribution in [0.15, 0.2) is 6.07 Å². The van der Waals surface area contributed by atoms with E-state index in [-0.39, 0.29) is 0 Å². The topological polar surface area (TPSA) is 64.3 Å². The summed E-state index contributed by atoms with van der Waals surface area (Å²) in [6.07, 6.45) is 2.66. The van der Waals surface area contributed by atoms with Crippen molar-refractivity contribution in [2.45, 2.75) is 39.3 Å². The lowest BCUT2D eigenvalue weighted by Gasteiger charge is -2.28. The second-order valence-electron chi connectivity index (χ2n) is 5.19. The van der Waals surface area contributed by atoms with Gasteiger partial charge >= 0.3 is 0 Å². The van der Waals surface area contributed by atoms with Crippen molar-refractivity contribution >= 4 is 11.6 Å². The second-order valence-corrected chi connectivity index (χ2v) is 5.19. The van der Waals surface area contributed by atoms with Crippen molar-refractivity contribution in [2.75, 3.05) is 24.3 Å². The molecular formula is C13H22N4O. The van der Waals surface area contributed by atoms with Gasteiger partial charge in [-0.25, -0.2) is 9.97 Å². The summed E-state index contributed by atoms with van der Waals surface area (Å²) in [6, 6.07) is 2.26. The van der Waals surface area contributed by atoms with E-state index in [1.165, 1.54) is 12.8 Å². The fraction of sp³-hybridized carbons (Fsp3) is 0.692. The molecule has 100 valence electrons. The van der Waals surface area contributed by atoms with E-state index in [0.29, 0.717) is 24.3 Å². The summed E-state index contributed by atoms with van der Waals surface area (Å²) in [5, 5.41) is 0. The first-order valence-electron chi connectivity index (χ1n) is 6.49. The van der Waals surface area contributed by atoms with Crippen molar-refractivity contribution in [3.8, 4) is 0 Å². The summed E-state index contributed by atoms with van der Waals surface area (Å²) in [5.41, 5.74) is 5.84. The van der Waals surface area contributed by atoms with Crippen LogP contribution in [-0.4, -0.2) is 29.7 Å². The maximum absolute atomic E-state index is 5.84. The van der Waals surface area contributed by atoms with Crippen molar-refractivity contribution in [3.63, 3.8) is 0 Å². The highest BCUT2D eigenvalue weighted by molar-refractivity contribution is 5.47. The zero-order valence-electron chi connectivity index (χ0n) is 11.4. The van der Waals surface area contributed by atoms with Crippen LogP contribution in [0.3, 0.4) is 0 Å². The van der Waals surface area contributed by atoms with Gasteiger partial charge in [0, 0.05) is 25.8 Å². The maximum atomic E-state index is 5.84. The number of nitrogen functional groups attached to an aromatic ring is 1. The molecule has 0 spiro atoms. The first-order chi connectivity index (χ1) is 8.60. The first kappa shape index (κ1) is 13.1. The van der Waals surface area contributed by atoms with Gasteiger partial charge in [-0.1, -0.05) is 0 Å². The van der Waals surface area contributed by atoms with Gasteiger partial charge in [0.2, 0.25) is 0 Å². The van der Waals surface area contributed by atoms with Crippen molar-refractivity contribution in [1.82, 2.24) is 9.97 Å². The van der Waals surface area contributed by atoms with Crippen LogP contribution in [-0.2, 0) is 11.3 Å². The van der Waals surface area contributed by atoms with Crippen molar-refractivity contribution in [1.29, 1.82) is 0 Å². The van der Waals surface area contributed by atoms with Crippen LogP contribution >= 0.6 is 0 Å². The number of hydrogen-bond acceptors (Lipinski definition) is 5. The molecule has 1 aliphatic carbocycles. The number of nitrogens with two attached hydrogens (primary N) is 1. The summed E-state index contributed by atoms with van der Waals surface area (Å²) >= 11 is 0. The highest BCUT2D eigenvalue weighted by Gasteiger charge is 2.26. The molecule has 5 nitrogen and oxygen atoms in total. The molecule has 0 amide bonds. The molecular weight excluding hydrogens is 228 g/mol. The molecule has 0 saturated heterocycles. The van der Waals surface area contributed by atoms with E-state index in [1.54, 1.807) is 7.11 Å². The van der Waals surface area contributed by atoms with Crippen LogP contribution in [0, 0.1) is 5.92 Å². The predicted octanol–water partition coefficient (Wildman–Crippen LogP) is 1.83.